The van der Waals surface area contributed by atoms with Gasteiger partial charge in [-0.05, 0) is 66.9 Å². The Morgan fingerprint density at radius 3 is 2.97 bits per heavy atom. The van der Waals surface area contributed by atoms with E-state index in [1.165, 1.54) is 30.8 Å². The lowest BCUT2D eigenvalue weighted by atomic mass is 9.62. The van der Waals surface area contributed by atoms with Crippen molar-refractivity contribution in [2.45, 2.75) is 71.1 Å². The number of alkyl halides is 1. The van der Waals surface area contributed by atoms with Crippen molar-refractivity contribution in [2.24, 2.45) is 17.3 Å². The summed E-state index contributed by atoms with van der Waals surface area (Å²) in [6.45, 7) is 8.51. The van der Waals surface area contributed by atoms with Gasteiger partial charge in [0.25, 0.3) is 0 Å². The van der Waals surface area contributed by atoms with Gasteiger partial charge in [-0.15, -0.1) is 0 Å². The summed E-state index contributed by atoms with van der Waals surface area (Å²) in [4.78, 5) is 11.3. The highest BCUT2D eigenvalue weighted by Crippen LogP contribution is 2.56. The molecule has 5 atom stereocenters. The van der Waals surface area contributed by atoms with Crippen LogP contribution in [0.3, 0.4) is 0 Å². The van der Waals surface area contributed by atoms with Gasteiger partial charge >= 0.3 is 5.97 Å². The predicted octanol–water partition coefficient (Wildman–Crippen LogP) is 5.78. The van der Waals surface area contributed by atoms with Gasteiger partial charge in [0.15, 0.2) is 0 Å². The average Bonchev–Trinajstić information content (AvgIpc) is 3.06. The number of carbonyl (C=O) groups excluding carboxylic acids is 1. The summed E-state index contributed by atoms with van der Waals surface area (Å²) in [6.07, 6.45) is 14.1. The van der Waals surface area contributed by atoms with Gasteiger partial charge in [0.05, 0.1) is 13.2 Å². The molecule has 3 aliphatic rings. The molecule has 164 valence electrons. The van der Waals surface area contributed by atoms with Crippen LogP contribution in [-0.4, -0.2) is 30.5 Å². The summed E-state index contributed by atoms with van der Waals surface area (Å²) in [5.74, 6) is 0.528. The number of esters is 1. The zero-order valence-electron chi connectivity index (χ0n) is 18.5. The number of allylic oxidation sites excluding steroid dienone is 7. The van der Waals surface area contributed by atoms with Crippen molar-refractivity contribution in [1.82, 2.24) is 0 Å². The maximum atomic E-state index is 14.1. The van der Waals surface area contributed by atoms with Gasteiger partial charge in [0, 0.05) is 12.5 Å². The lowest BCUT2D eigenvalue weighted by Gasteiger charge is -2.42. The molecule has 0 aromatic heterocycles. The van der Waals surface area contributed by atoms with Crippen LogP contribution in [0.5, 0.6) is 0 Å². The molecule has 5 unspecified atom stereocenters. The van der Waals surface area contributed by atoms with Gasteiger partial charge in [-0.1, -0.05) is 55.9 Å². The first kappa shape index (κ1) is 22.7. The number of methoxy groups -OCH3 is 1. The van der Waals surface area contributed by atoms with Crippen LogP contribution in [0.4, 0.5) is 4.39 Å². The minimum absolute atomic E-state index is 0.132. The maximum absolute atomic E-state index is 14.1. The van der Waals surface area contributed by atoms with Gasteiger partial charge < -0.3 is 9.84 Å². The van der Waals surface area contributed by atoms with Crippen molar-refractivity contribution < 1.29 is 19.0 Å². The van der Waals surface area contributed by atoms with Gasteiger partial charge in [-0.3, -0.25) is 0 Å². The summed E-state index contributed by atoms with van der Waals surface area (Å²) in [5.41, 5.74) is 4.40. The Labute approximate surface area is 180 Å². The Balaban J connectivity index is 1.74. The molecule has 3 rings (SSSR count). The van der Waals surface area contributed by atoms with Gasteiger partial charge in [0.1, 0.15) is 6.17 Å². The number of hydrogen-bond acceptors (Lipinski definition) is 3. The highest BCUT2D eigenvalue weighted by atomic mass is 19.1. The van der Waals surface area contributed by atoms with Gasteiger partial charge in [0.2, 0.25) is 0 Å². The molecule has 30 heavy (non-hydrogen) atoms. The molecule has 2 fully saturated rings. The molecule has 0 heterocycles. The number of aliphatic hydroxyl groups excluding tert-OH is 1. The predicted molar refractivity (Wildman–Crippen MR) is 119 cm³/mol. The number of halogens is 1. The van der Waals surface area contributed by atoms with E-state index in [1.807, 2.05) is 12.2 Å². The number of fused-ring (bicyclic) bond motifs is 1. The summed E-state index contributed by atoms with van der Waals surface area (Å²) in [5, 5.41) is 9.93. The van der Waals surface area contributed by atoms with Crippen molar-refractivity contribution in [3.8, 4) is 0 Å². The second-order valence-electron chi connectivity index (χ2n) is 9.30. The Bertz CT molecular complexity index is 803. The fourth-order valence-electron chi connectivity index (χ4n) is 5.61. The molecule has 3 nitrogen and oxygen atoms in total. The highest BCUT2D eigenvalue weighted by molar-refractivity contribution is 5.81. The van der Waals surface area contributed by atoms with Crippen molar-refractivity contribution in [1.29, 1.82) is 0 Å². The number of aliphatic hydroxyl groups is 1. The van der Waals surface area contributed by atoms with E-state index in [1.54, 1.807) is 0 Å². The Morgan fingerprint density at radius 1 is 1.47 bits per heavy atom. The Hall–Kier alpha value is -1.94. The molecular weight excluding hydrogens is 379 g/mol. The molecule has 0 aromatic carbocycles. The first-order chi connectivity index (χ1) is 14.3. The van der Waals surface area contributed by atoms with Crippen molar-refractivity contribution in [3.63, 3.8) is 0 Å². The SMILES string of the molecule is C=C1/C(=C\C=C2/CCCC3(C)C(C(C)C/C=C/C(=O)OC)=CCC23)CC(O)CC1F. The zero-order chi connectivity index (χ0) is 21.9. The van der Waals surface area contributed by atoms with Crippen LogP contribution in [0.2, 0.25) is 0 Å². The smallest absolute Gasteiger partial charge is 0.330 e. The van der Waals surface area contributed by atoms with Crippen LogP contribution in [0.15, 0.2) is 59.3 Å². The third-order valence-electron chi connectivity index (χ3n) is 7.31. The largest absolute Gasteiger partial charge is 0.466 e. The van der Waals surface area contributed by atoms with Crippen molar-refractivity contribution in [3.05, 3.63) is 59.3 Å². The fraction of sp³-hybridized carbons (Fsp3) is 0.577. The van der Waals surface area contributed by atoms with E-state index in [0.717, 1.165) is 31.3 Å². The molecule has 0 amide bonds. The van der Waals surface area contributed by atoms with E-state index >= 15 is 0 Å². The van der Waals surface area contributed by atoms with Gasteiger partial charge in [-0.25, -0.2) is 9.18 Å². The van der Waals surface area contributed by atoms with Crippen molar-refractivity contribution in [2.75, 3.05) is 7.11 Å². The van der Waals surface area contributed by atoms with Crippen molar-refractivity contribution >= 4 is 5.97 Å². The molecule has 1 N–H and O–H groups in total. The molecule has 0 aromatic rings. The van der Waals surface area contributed by atoms with Crippen LogP contribution < -0.4 is 0 Å². The van der Waals surface area contributed by atoms with E-state index in [0.29, 0.717) is 23.8 Å². The summed E-state index contributed by atoms with van der Waals surface area (Å²) < 4.78 is 18.7. The average molecular weight is 415 g/mol. The molecule has 4 heteroatoms. The zero-order valence-corrected chi connectivity index (χ0v) is 18.5. The van der Waals surface area contributed by atoms with E-state index in [2.05, 4.69) is 37.3 Å². The molecule has 3 aliphatic carbocycles. The summed E-state index contributed by atoms with van der Waals surface area (Å²) in [6, 6.07) is 0. The van der Waals surface area contributed by atoms with Crippen LogP contribution in [-0.2, 0) is 9.53 Å². The summed E-state index contributed by atoms with van der Waals surface area (Å²) >= 11 is 0. The van der Waals surface area contributed by atoms with Crippen LogP contribution in [0.25, 0.3) is 0 Å². The monoisotopic (exact) mass is 414 g/mol. The number of rotatable bonds is 5. The maximum Gasteiger partial charge on any atom is 0.330 e. The highest BCUT2D eigenvalue weighted by Gasteiger charge is 2.45. The minimum Gasteiger partial charge on any atom is -0.466 e. The molecule has 0 aliphatic heterocycles. The third-order valence-corrected chi connectivity index (χ3v) is 7.31. The second kappa shape index (κ2) is 9.47. The van der Waals surface area contributed by atoms with Crippen LogP contribution >= 0.6 is 0 Å². The van der Waals surface area contributed by atoms with Gasteiger partial charge in [-0.2, -0.15) is 0 Å². The lowest BCUT2D eigenvalue weighted by Crippen LogP contribution is -2.32. The first-order valence-electron chi connectivity index (χ1n) is 11.1. The summed E-state index contributed by atoms with van der Waals surface area (Å²) in [7, 11) is 1.39. The third kappa shape index (κ3) is 4.69. The Morgan fingerprint density at radius 2 is 2.23 bits per heavy atom. The normalized spacial score (nSPS) is 35.6. The molecular formula is C26H35FO3. The molecule has 0 bridgehead atoms. The van der Waals surface area contributed by atoms with E-state index < -0.39 is 12.3 Å². The topological polar surface area (TPSA) is 46.5 Å². The van der Waals surface area contributed by atoms with Crippen LogP contribution in [0.1, 0.15) is 58.8 Å². The first-order valence-corrected chi connectivity index (χ1v) is 11.1. The Kier molecular flexibility index (Phi) is 7.18. The number of carbonyl (C=O) groups is 1. The van der Waals surface area contributed by atoms with E-state index in [-0.39, 0.29) is 17.8 Å². The minimum atomic E-state index is -1.14. The molecule has 0 radical (unpaired) electrons. The standard InChI is InChI=1S/C26H35FO3/c1-17(7-5-9-25(29)30-4)22-12-13-23-19(8-6-14-26(22,23)3)10-11-20-15-21(28)16-24(27)18(20)2/h5,9-12,17,21,23-24,28H,2,6-8,13-16H2,1,3-4H3/b9-5+,19-10+,20-11-. The number of ether oxygens (including phenoxy) is 1. The fourth-order valence-corrected chi connectivity index (χ4v) is 5.61. The molecule has 0 saturated heterocycles. The molecule has 0 spiro atoms. The van der Waals surface area contributed by atoms with E-state index in [4.69, 9.17) is 0 Å². The quantitative estimate of drug-likeness (QED) is 0.352. The van der Waals surface area contributed by atoms with E-state index in [9.17, 15) is 14.3 Å². The second-order valence-corrected chi connectivity index (χ2v) is 9.30. The van der Waals surface area contributed by atoms with Crippen LogP contribution in [0, 0.1) is 17.3 Å². The molecule has 2 saturated carbocycles. The number of hydrogen-bond donors (Lipinski definition) is 1. The lowest BCUT2D eigenvalue weighted by molar-refractivity contribution is -0.134.